The summed E-state index contributed by atoms with van der Waals surface area (Å²) in [4.78, 5) is 12.6. The van der Waals surface area contributed by atoms with Crippen LogP contribution in [0.2, 0.25) is 0 Å². The van der Waals surface area contributed by atoms with Gasteiger partial charge < -0.3 is 14.7 Å². The Morgan fingerprint density at radius 3 is 2.50 bits per heavy atom. The number of carbonyl (C=O) groups is 1. The number of ether oxygens (including phenoxy) is 1. The quantitative estimate of drug-likeness (QED) is 0.644. The van der Waals surface area contributed by atoms with Gasteiger partial charge in [-0.3, -0.25) is 0 Å². The molecule has 1 saturated carbocycles. The van der Waals surface area contributed by atoms with Crippen LogP contribution < -0.4 is 0 Å². The zero-order valence-corrected chi connectivity index (χ0v) is 7.54. The van der Waals surface area contributed by atoms with Gasteiger partial charge in [-0.1, -0.05) is 0 Å². The van der Waals surface area contributed by atoms with E-state index in [-0.39, 0.29) is 0 Å². The molecule has 12 heavy (non-hydrogen) atoms. The molecule has 0 radical (unpaired) electrons. The van der Waals surface area contributed by atoms with E-state index in [0.29, 0.717) is 19.4 Å². The van der Waals surface area contributed by atoms with Crippen molar-refractivity contribution in [2.45, 2.75) is 18.4 Å². The van der Waals surface area contributed by atoms with Crippen molar-refractivity contribution in [2.75, 3.05) is 27.2 Å². The predicted octanol–water partition coefficient (Wildman–Crippen LogP) is 0.182. The minimum absolute atomic E-state index is 0.499. The molecule has 0 aromatic rings. The number of rotatable bonds is 5. The second-order valence-electron chi connectivity index (χ2n) is 3.45. The van der Waals surface area contributed by atoms with Crippen molar-refractivity contribution in [3.05, 3.63) is 0 Å². The van der Waals surface area contributed by atoms with Gasteiger partial charge in [0.1, 0.15) is 0 Å². The van der Waals surface area contributed by atoms with Crippen molar-refractivity contribution >= 4 is 5.97 Å². The SMILES string of the molecule is CN(C)CCOC1(C(=O)O)CC1. The zero-order valence-electron chi connectivity index (χ0n) is 7.54. The van der Waals surface area contributed by atoms with Crippen LogP contribution in [0.1, 0.15) is 12.8 Å². The van der Waals surface area contributed by atoms with Crippen molar-refractivity contribution in [2.24, 2.45) is 0 Å². The molecule has 1 aliphatic rings. The van der Waals surface area contributed by atoms with Crippen LogP contribution in [0.4, 0.5) is 0 Å². The molecule has 0 bridgehead atoms. The Labute approximate surface area is 72.1 Å². The monoisotopic (exact) mass is 173 g/mol. The van der Waals surface area contributed by atoms with Gasteiger partial charge in [-0.05, 0) is 26.9 Å². The van der Waals surface area contributed by atoms with Gasteiger partial charge in [-0.25, -0.2) is 4.79 Å². The lowest BCUT2D eigenvalue weighted by atomic mass is 10.3. The van der Waals surface area contributed by atoms with E-state index in [0.717, 1.165) is 6.54 Å². The lowest BCUT2D eigenvalue weighted by Crippen LogP contribution is -2.29. The molecule has 1 N–H and O–H groups in total. The average molecular weight is 173 g/mol. The topological polar surface area (TPSA) is 49.8 Å². The standard InChI is InChI=1S/C8H15NO3/c1-9(2)5-6-12-8(3-4-8)7(10)11/h3-6H2,1-2H3,(H,10,11). The molecule has 0 unspecified atom stereocenters. The lowest BCUT2D eigenvalue weighted by Gasteiger charge is -2.14. The number of hydrogen-bond acceptors (Lipinski definition) is 3. The van der Waals surface area contributed by atoms with Crippen molar-refractivity contribution in [1.29, 1.82) is 0 Å². The molecular weight excluding hydrogens is 158 g/mol. The van der Waals surface area contributed by atoms with Crippen LogP contribution in [0.5, 0.6) is 0 Å². The molecule has 4 nitrogen and oxygen atoms in total. The van der Waals surface area contributed by atoms with Gasteiger partial charge in [-0.2, -0.15) is 0 Å². The smallest absolute Gasteiger partial charge is 0.335 e. The molecule has 0 saturated heterocycles. The Morgan fingerprint density at radius 2 is 2.17 bits per heavy atom. The molecule has 0 atom stereocenters. The lowest BCUT2D eigenvalue weighted by molar-refractivity contribution is -0.153. The summed E-state index contributed by atoms with van der Waals surface area (Å²) in [6, 6.07) is 0. The van der Waals surface area contributed by atoms with Crippen molar-refractivity contribution < 1.29 is 14.6 Å². The Morgan fingerprint density at radius 1 is 1.58 bits per heavy atom. The zero-order chi connectivity index (χ0) is 9.19. The maximum atomic E-state index is 10.6. The van der Waals surface area contributed by atoms with Gasteiger partial charge in [0, 0.05) is 6.54 Å². The first-order chi connectivity index (χ1) is 5.57. The Balaban J connectivity index is 2.19. The maximum absolute atomic E-state index is 10.6. The van der Waals surface area contributed by atoms with Crippen LogP contribution in [-0.2, 0) is 9.53 Å². The highest BCUT2D eigenvalue weighted by atomic mass is 16.5. The van der Waals surface area contributed by atoms with Crippen LogP contribution in [0.15, 0.2) is 0 Å². The first-order valence-electron chi connectivity index (χ1n) is 4.09. The number of carboxylic acids is 1. The summed E-state index contributed by atoms with van der Waals surface area (Å²) >= 11 is 0. The molecule has 0 spiro atoms. The summed E-state index contributed by atoms with van der Waals surface area (Å²) < 4.78 is 5.27. The highest BCUT2D eigenvalue weighted by Gasteiger charge is 2.51. The number of hydrogen-bond donors (Lipinski definition) is 1. The van der Waals surface area contributed by atoms with E-state index in [1.807, 2.05) is 19.0 Å². The van der Waals surface area contributed by atoms with Gasteiger partial charge in [0.15, 0.2) is 5.60 Å². The highest BCUT2D eigenvalue weighted by molar-refractivity contribution is 5.80. The fourth-order valence-electron chi connectivity index (χ4n) is 0.957. The molecule has 0 heterocycles. The fraction of sp³-hybridized carbons (Fsp3) is 0.875. The van der Waals surface area contributed by atoms with Gasteiger partial charge in [0.05, 0.1) is 6.61 Å². The summed E-state index contributed by atoms with van der Waals surface area (Å²) in [6.45, 7) is 1.27. The Kier molecular flexibility index (Phi) is 2.69. The van der Waals surface area contributed by atoms with E-state index >= 15 is 0 Å². The first kappa shape index (κ1) is 9.48. The molecule has 1 rings (SSSR count). The molecule has 70 valence electrons. The summed E-state index contributed by atoms with van der Waals surface area (Å²) in [5, 5.41) is 8.73. The first-order valence-corrected chi connectivity index (χ1v) is 4.09. The van der Waals surface area contributed by atoms with Crippen LogP contribution >= 0.6 is 0 Å². The normalized spacial score (nSPS) is 19.6. The third kappa shape index (κ3) is 2.19. The van der Waals surface area contributed by atoms with Crippen LogP contribution in [0.25, 0.3) is 0 Å². The maximum Gasteiger partial charge on any atom is 0.335 e. The molecule has 0 amide bonds. The van der Waals surface area contributed by atoms with Crippen molar-refractivity contribution in [3.63, 3.8) is 0 Å². The van der Waals surface area contributed by atoms with Gasteiger partial charge in [-0.15, -0.1) is 0 Å². The third-order valence-electron chi connectivity index (χ3n) is 2.01. The molecule has 0 aliphatic heterocycles. The number of carboxylic acid groups (broad SMARTS) is 1. The second-order valence-corrected chi connectivity index (χ2v) is 3.45. The minimum Gasteiger partial charge on any atom is -0.479 e. The van der Waals surface area contributed by atoms with E-state index in [4.69, 9.17) is 9.84 Å². The molecule has 1 fully saturated rings. The Bertz CT molecular complexity index is 175. The molecule has 1 aliphatic carbocycles. The molecule has 4 heteroatoms. The summed E-state index contributed by atoms with van der Waals surface area (Å²) in [5.41, 5.74) is -0.823. The average Bonchev–Trinajstić information content (AvgIpc) is 2.68. The Hall–Kier alpha value is -0.610. The third-order valence-corrected chi connectivity index (χ3v) is 2.01. The largest absolute Gasteiger partial charge is 0.479 e. The number of aliphatic carboxylic acids is 1. The predicted molar refractivity (Wildman–Crippen MR) is 44.1 cm³/mol. The number of likely N-dealkylation sites (N-methyl/N-ethyl adjacent to an activating group) is 1. The highest BCUT2D eigenvalue weighted by Crippen LogP contribution is 2.39. The van der Waals surface area contributed by atoms with Gasteiger partial charge >= 0.3 is 5.97 Å². The van der Waals surface area contributed by atoms with E-state index < -0.39 is 11.6 Å². The summed E-state index contributed by atoms with van der Waals surface area (Å²) in [7, 11) is 3.87. The van der Waals surface area contributed by atoms with E-state index in [1.165, 1.54) is 0 Å². The molecule has 0 aromatic heterocycles. The second kappa shape index (κ2) is 3.41. The summed E-state index contributed by atoms with van der Waals surface area (Å²) in [6.07, 6.45) is 1.32. The fourth-order valence-corrected chi connectivity index (χ4v) is 0.957. The summed E-state index contributed by atoms with van der Waals surface area (Å²) in [5.74, 6) is -0.818. The van der Waals surface area contributed by atoms with Crippen LogP contribution in [-0.4, -0.2) is 48.8 Å². The van der Waals surface area contributed by atoms with Gasteiger partial charge in [0.25, 0.3) is 0 Å². The van der Waals surface area contributed by atoms with E-state index in [2.05, 4.69) is 0 Å². The van der Waals surface area contributed by atoms with E-state index in [9.17, 15) is 4.79 Å². The number of nitrogens with zero attached hydrogens (tertiary/aromatic N) is 1. The molecule has 0 aromatic carbocycles. The molecular formula is C8H15NO3. The van der Waals surface area contributed by atoms with Crippen LogP contribution in [0, 0.1) is 0 Å². The minimum atomic E-state index is -0.823. The van der Waals surface area contributed by atoms with Crippen LogP contribution in [0.3, 0.4) is 0 Å². The van der Waals surface area contributed by atoms with Gasteiger partial charge in [0.2, 0.25) is 0 Å². The van der Waals surface area contributed by atoms with Crippen molar-refractivity contribution in [1.82, 2.24) is 4.90 Å². The van der Waals surface area contributed by atoms with E-state index in [1.54, 1.807) is 0 Å². The van der Waals surface area contributed by atoms with Crippen molar-refractivity contribution in [3.8, 4) is 0 Å².